The summed E-state index contributed by atoms with van der Waals surface area (Å²) in [6, 6.07) is 0. The third-order valence-corrected chi connectivity index (χ3v) is 3.44. The van der Waals surface area contributed by atoms with Crippen LogP contribution in [-0.4, -0.2) is 38.0 Å². The van der Waals surface area contributed by atoms with Crippen molar-refractivity contribution in [3.8, 4) is 0 Å². The summed E-state index contributed by atoms with van der Waals surface area (Å²) < 4.78 is 0. The lowest BCUT2D eigenvalue weighted by Crippen LogP contribution is -2.29. The van der Waals surface area contributed by atoms with Crippen molar-refractivity contribution >= 4 is 5.91 Å². The highest BCUT2D eigenvalue weighted by atomic mass is 16.2. The van der Waals surface area contributed by atoms with Crippen LogP contribution in [0.4, 0.5) is 0 Å². The number of nitrogens with one attached hydrogen (secondary N) is 1. The fourth-order valence-electron chi connectivity index (χ4n) is 2.73. The average molecular weight is 182 g/mol. The highest BCUT2D eigenvalue weighted by Crippen LogP contribution is 2.38. The van der Waals surface area contributed by atoms with Gasteiger partial charge in [-0.1, -0.05) is 0 Å². The number of nitrogens with zero attached hydrogens (tertiary/aromatic N) is 1. The van der Waals surface area contributed by atoms with E-state index in [1.54, 1.807) is 4.90 Å². The second-order valence-electron chi connectivity index (χ2n) is 4.58. The minimum Gasteiger partial charge on any atom is -0.349 e. The maximum Gasteiger partial charge on any atom is 0.225 e. The zero-order valence-electron chi connectivity index (χ0n) is 8.42. The molecule has 0 aromatic carbocycles. The maximum absolute atomic E-state index is 11.7. The van der Waals surface area contributed by atoms with Crippen molar-refractivity contribution in [3.05, 3.63) is 0 Å². The van der Waals surface area contributed by atoms with Gasteiger partial charge in [0.05, 0.1) is 0 Å². The summed E-state index contributed by atoms with van der Waals surface area (Å²) in [5, 5.41) is 3.39. The van der Waals surface area contributed by atoms with Gasteiger partial charge in [-0.05, 0) is 37.8 Å². The van der Waals surface area contributed by atoms with Crippen molar-refractivity contribution in [2.24, 2.45) is 17.8 Å². The molecule has 3 nitrogen and oxygen atoms in total. The molecular weight excluding hydrogens is 164 g/mol. The molecule has 1 heterocycles. The van der Waals surface area contributed by atoms with E-state index in [0.717, 1.165) is 37.8 Å². The molecule has 2 unspecified atom stereocenters. The molecule has 1 amide bonds. The Labute approximate surface area is 79.5 Å². The van der Waals surface area contributed by atoms with Crippen LogP contribution in [0.15, 0.2) is 0 Å². The smallest absolute Gasteiger partial charge is 0.225 e. The molecule has 2 fully saturated rings. The van der Waals surface area contributed by atoms with Gasteiger partial charge in [0, 0.05) is 20.0 Å². The number of amides is 1. The first-order chi connectivity index (χ1) is 6.18. The molecule has 2 atom stereocenters. The minimum absolute atomic E-state index is 0.312. The Balaban J connectivity index is 1.95. The van der Waals surface area contributed by atoms with E-state index in [1.807, 2.05) is 14.1 Å². The van der Waals surface area contributed by atoms with E-state index in [1.165, 1.54) is 0 Å². The van der Waals surface area contributed by atoms with Crippen LogP contribution in [0, 0.1) is 17.8 Å². The lowest BCUT2D eigenvalue weighted by atomic mass is 10.0. The van der Waals surface area contributed by atoms with Gasteiger partial charge in [0.25, 0.3) is 0 Å². The van der Waals surface area contributed by atoms with Gasteiger partial charge in [-0.3, -0.25) is 4.79 Å². The van der Waals surface area contributed by atoms with E-state index in [-0.39, 0.29) is 0 Å². The Hall–Kier alpha value is -0.570. The molecule has 1 aliphatic carbocycles. The van der Waals surface area contributed by atoms with Crippen LogP contribution >= 0.6 is 0 Å². The van der Waals surface area contributed by atoms with E-state index in [0.29, 0.717) is 11.8 Å². The summed E-state index contributed by atoms with van der Waals surface area (Å²) in [6.45, 7) is 2.25. The standard InChI is InChI=1S/C10H18N2O/c1-12(2)10(13)7-3-8-5-11-6-9(8)4-7/h7-9,11H,3-6H2,1-2H3. The number of carbonyl (C=O) groups is 1. The topological polar surface area (TPSA) is 32.3 Å². The molecule has 3 heteroatoms. The lowest BCUT2D eigenvalue weighted by molar-refractivity contribution is -0.132. The Morgan fingerprint density at radius 1 is 1.23 bits per heavy atom. The molecule has 0 radical (unpaired) electrons. The first kappa shape index (κ1) is 9.00. The molecule has 1 saturated carbocycles. The molecule has 0 bridgehead atoms. The van der Waals surface area contributed by atoms with Crippen LogP contribution in [0.25, 0.3) is 0 Å². The van der Waals surface area contributed by atoms with Gasteiger partial charge in [0.1, 0.15) is 0 Å². The normalized spacial score (nSPS) is 37.5. The molecule has 0 spiro atoms. The molecule has 2 aliphatic rings. The number of hydrogen-bond donors (Lipinski definition) is 1. The summed E-state index contributed by atoms with van der Waals surface area (Å²) in [4.78, 5) is 13.4. The van der Waals surface area contributed by atoms with Crippen LogP contribution in [-0.2, 0) is 4.79 Å². The fourth-order valence-corrected chi connectivity index (χ4v) is 2.73. The highest BCUT2D eigenvalue weighted by Gasteiger charge is 2.40. The summed E-state index contributed by atoms with van der Waals surface area (Å²) in [5.41, 5.74) is 0. The monoisotopic (exact) mass is 182 g/mol. The van der Waals surface area contributed by atoms with Gasteiger partial charge in [0.2, 0.25) is 5.91 Å². The van der Waals surface area contributed by atoms with Gasteiger partial charge in [-0.2, -0.15) is 0 Å². The minimum atomic E-state index is 0.312. The molecule has 74 valence electrons. The fraction of sp³-hybridized carbons (Fsp3) is 0.900. The predicted molar refractivity (Wildman–Crippen MR) is 51.3 cm³/mol. The number of carbonyl (C=O) groups excluding carboxylic acids is 1. The van der Waals surface area contributed by atoms with Crippen LogP contribution in [0.5, 0.6) is 0 Å². The zero-order chi connectivity index (χ0) is 9.42. The van der Waals surface area contributed by atoms with E-state index >= 15 is 0 Å². The molecule has 1 saturated heterocycles. The van der Waals surface area contributed by atoms with Crippen molar-refractivity contribution in [2.75, 3.05) is 27.2 Å². The Bertz CT molecular complexity index is 203. The summed E-state index contributed by atoms with van der Waals surface area (Å²) in [7, 11) is 3.71. The van der Waals surface area contributed by atoms with Gasteiger partial charge < -0.3 is 10.2 Å². The lowest BCUT2D eigenvalue weighted by Gasteiger charge is -2.16. The van der Waals surface area contributed by atoms with Gasteiger partial charge in [-0.25, -0.2) is 0 Å². The van der Waals surface area contributed by atoms with Crippen molar-refractivity contribution in [1.29, 1.82) is 0 Å². The molecule has 1 aliphatic heterocycles. The van der Waals surface area contributed by atoms with E-state index in [9.17, 15) is 4.79 Å². The Kier molecular flexibility index (Phi) is 2.28. The summed E-state index contributed by atoms with van der Waals surface area (Å²) >= 11 is 0. The molecule has 0 aromatic heterocycles. The van der Waals surface area contributed by atoms with Crippen molar-refractivity contribution < 1.29 is 4.79 Å². The molecule has 13 heavy (non-hydrogen) atoms. The Morgan fingerprint density at radius 2 is 1.77 bits per heavy atom. The third-order valence-electron chi connectivity index (χ3n) is 3.44. The van der Waals surface area contributed by atoms with Crippen molar-refractivity contribution in [1.82, 2.24) is 10.2 Å². The van der Waals surface area contributed by atoms with Crippen LogP contribution in [0.1, 0.15) is 12.8 Å². The SMILES string of the molecule is CN(C)C(=O)C1CC2CNCC2C1. The number of rotatable bonds is 1. The van der Waals surface area contributed by atoms with Crippen LogP contribution < -0.4 is 5.32 Å². The van der Waals surface area contributed by atoms with Gasteiger partial charge in [-0.15, -0.1) is 0 Å². The molecule has 1 N–H and O–H groups in total. The van der Waals surface area contributed by atoms with E-state index in [4.69, 9.17) is 0 Å². The number of hydrogen-bond acceptors (Lipinski definition) is 2. The summed E-state index contributed by atoms with van der Waals surface area (Å²) in [6.07, 6.45) is 2.21. The number of fused-ring (bicyclic) bond motifs is 1. The molecular formula is C10H18N2O. The largest absolute Gasteiger partial charge is 0.349 e. The highest BCUT2D eigenvalue weighted by molar-refractivity contribution is 5.78. The quantitative estimate of drug-likeness (QED) is 0.633. The second kappa shape index (κ2) is 3.29. The van der Waals surface area contributed by atoms with Crippen molar-refractivity contribution in [2.45, 2.75) is 12.8 Å². The second-order valence-corrected chi connectivity index (χ2v) is 4.58. The molecule has 0 aromatic rings. The summed E-state index contributed by atoms with van der Waals surface area (Å²) in [5.74, 6) is 2.18. The van der Waals surface area contributed by atoms with E-state index in [2.05, 4.69) is 5.32 Å². The van der Waals surface area contributed by atoms with Crippen LogP contribution in [0.2, 0.25) is 0 Å². The van der Waals surface area contributed by atoms with Gasteiger partial charge in [0.15, 0.2) is 0 Å². The first-order valence-electron chi connectivity index (χ1n) is 5.10. The third kappa shape index (κ3) is 1.57. The predicted octanol–water partition coefficient (Wildman–Crippen LogP) is 0.320. The average Bonchev–Trinajstić information content (AvgIpc) is 2.59. The zero-order valence-corrected chi connectivity index (χ0v) is 8.42. The van der Waals surface area contributed by atoms with Gasteiger partial charge >= 0.3 is 0 Å². The first-order valence-corrected chi connectivity index (χ1v) is 5.10. The maximum atomic E-state index is 11.7. The van der Waals surface area contributed by atoms with Crippen molar-refractivity contribution in [3.63, 3.8) is 0 Å². The van der Waals surface area contributed by atoms with Crippen LogP contribution in [0.3, 0.4) is 0 Å². The molecule has 2 rings (SSSR count). The Morgan fingerprint density at radius 3 is 2.23 bits per heavy atom. The van der Waals surface area contributed by atoms with E-state index < -0.39 is 0 Å².